The molecule has 5 nitrogen and oxygen atoms in total. The second-order valence-corrected chi connectivity index (χ2v) is 8.02. The van der Waals surface area contributed by atoms with Crippen molar-refractivity contribution in [3.63, 3.8) is 0 Å². The summed E-state index contributed by atoms with van der Waals surface area (Å²) in [5.74, 6) is -3.48. The highest BCUT2D eigenvalue weighted by Gasteiger charge is 2.28. The molecule has 1 N–H and O–H groups in total. The SMILES string of the molecule is O=c1ccccn1Cc1ccc(CNc2ccccc2S(=O)(=O)C(F)F)cc1. The summed E-state index contributed by atoms with van der Waals surface area (Å²) < 4.78 is 50.9. The van der Waals surface area contributed by atoms with E-state index < -0.39 is 20.5 Å². The zero-order valence-corrected chi connectivity index (χ0v) is 15.6. The Morgan fingerprint density at radius 2 is 1.54 bits per heavy atom. The molecule has 0 aliphatic rings. The number of rotatable bonds is 7. The number of nitrogens with zero attached hydrogens (tertiary/aromatic N) is 1. The Morgan fingerprint density at radius 1 is 0.893 bits per heavy atom. The molecule has 1 heterocycles. The molecule has 1 aromatic heterocycles. The largest absolute Gasteiger partial charge is 0.380 e. The average molecular weight is 404 g/mol. The van der Waals surface area contributed by atoms with E-state index in [1.54, 1.807) is 29.0 Å². The molecular formula is C20H18F2N2O3S. The van der Waals surface area contributed by atoms with Crippen LogP contribution in [0.5, 0.6) is 0 Å². The summed E-state index contributed by atoms with van der Waals surface area (Å²) in [5, 5.41) is 2.90. The number of benzene rings is 2. The highest BCUT2D eigenvalue weighted by atomic mass is 32.2. The number of sulfone groups is 1. The molecule has 0 aliphatic carbocycles. The van der Waals surface area contributed by atoms with Gasteiger partial charge in [-0.25, -0.2) is 8.42 Å². The number of pyridine rings is 1. The molecule has 0 aliphatic heterocycles. The van der Waals surface area contributed by atoms with Crippen molar-refractivity contribution in [2.45, 2.75) is 23.7 Å². The van der Waals surface area contributed by atoms with Gasteiger partial charge in [0.15, 0.2) is 0 Å². The summed E-state index contributed by atoms with van der Waals surface area (Å²) in [7, 11) is -4.69. The van der Waals surface area contributed by atoms with Gasteiger partial charge in [-0.05, 0) is 29.3 Å². The van der Waals surface area contributed by atoms with Crippen LogP contribution in [-0.2, 0) is 22.9 Å². The standard InChI is InChI=1S/C20H18F2N2O3S/c21-20(22)28(26,27)18-6-2-1-5-17(18)23-13-15-8-10-16(11-9-15)14-24-12-4-3-7-19(24)25/h1-12,20,23H,13-14H2. The first-order valence-electron chi connectivity index (χ1n) is 8.46. The Hall–Kier alpha value is -3.00. The van der Waals surface area contributed by atoms with Crippen LogP contribution in [0.4, 0.5) is 14.5 Å². The number of nitrogens with one attached hydrogen (secondary N) is 1. The van der Waals surface area contributed by atoms with Crippen molar-refractivity contribution in [1.82, 2.24) is 4.57 Å². The molecule has 28 heavy (non-hydrogen) atoms. The highest BCUT2D eigenvalue weighted by molar-refractivity contribution is 7.91. The van der Waals surface area contributed by atoms with Gasteiger partial charge in [-0.2, -0.15) is 8.78 Å². The predicted molar refractivity (Wildman–Crippen MR) is 103 cm³/mol. The molecule has 3 rings (SSSR count). The lowest BCUT2D eigenvalue weighted by Gasteiger charge is -2.12. The van der Waals surface area contributed by atoms with E-state index in [1.807, 2.05) is 24.3 Å². The minimum Gasteiger partial charge on any atom is -0.380 e. The molecule has 146 valence electrons. The third-order valence-corrected chi connectivity index (χ3v) is 5.62. The van der Waals surface area contributed by atoms with Crippen molar-refractivity contribution in [3.8, 4) is 0 Å². The second kappa shape index (κ2) is 8.35. The molecule has 3 aromatic rings. The van der Waals surface area contributed by atoms with Gasteiger partial charge in [-0.1, -0.05) is 42.5 Å². The molecule has 0 bridgehead atoms. The Kier molecular flexibility index (Phi) is 5.89. The second-order valence-electron chi connectivity index (χ2n) is 6.14. The van der Waals surface area contributed by atoms with Gasteiger partial charge in [-0.3, -0.25) is 4.79 Å². The zero-order valence-electron chi connectivity index (χ0n) is 14.8. The van der Waals surface area contributed by atoms with Crippen LogP contribution >= 0.6 is 0 Å². The van der Waals surface area contributed by atoms with Crippen LogP contribution in [0.2, 0.25) is 0 Å². The normalized spacial score (nSPS) is 11.5. The van der Waals surface area contributed by atoms with E-state index in [0.717, 1.165) is 17.2 Å². The fourth-order valence-electron chi connectivity index (χ4n) is 2.70. The molecule has 0 radical (unpaired) electrons. The van der Waals surface area contributed by atoms with E-state index in [-0.39, 0.29) is 17.8 Å². The van der Waals surface area contributed by atoms with Gasteiger partial charge >= 0.3 is 5.76 Å². The molecule has 0 saturated carbocycles. The fraction of sp³-hybridized carbons (Fsp3) is 0.150. The molecule has 0 atom stereocenters. The van der Waals surface area contributed by atoms with Crippen molar-refractivity contribution in [2.75, 3.05) is 5.32 Å². The van der Waals surface area contributed by atoms with E-state index >= 15 is 0 Å². The summed E-state index contributed by atoms with van der Waals surface area (Å²) >= 11 is 0. The van der Waals surface area contributed by atoms with Gasteiger partial charge in [0.1, 0.15) is 0 Å². The fourth-order valence-corrected chi connectivity index (χ4v) is 3.61. The molecular weight excluding hydrogens is 386 g/mol. The minimum absolute atomic E-state index is 0.0925. The quantitative estimate of drug-likeness (QED) is 0.654. The first-order chi connectivity index (χ1) is 13.4. The van der Waals surface area contributed by atoms with E-state index in [9.17, 15) is 22.0 Å². The number of anilines is 1. The number of alkyl halides is 2. The monoisotopic (exact) mass is 404 g/mol. The average Bonchev–Trinajstić information content (AvgIpc) is 2.69. The van der Waals surface area contributed by atoms with Crippen molar-refractivity contribution in [2.24, 2.45) is 0 Å². The van der Waals surface area contributed by atoms with Gasteiger partial charge in [0.25, 0.3) is 5.56 Å². The summed E-state index contributed by atoms with van der Waals surface area (Å²) in [6, 6.07) is 17.9. The molecule has 0 spiro atoms. The smallest absolute Gasteiger partial charge is 0.341 e. The number of hydrogen-bond donors (Lipinski definition) is 1. The van der Waals surface area contributed by atoms with Crippen molar-refractivity contribution < 1.29 is 17.2 Å². The summed E-state index contributed by atoms with van der Waals surface area (Å²) in [6.45, 7) is 0.699. The lowest BCUT2D eigenvalue weighted by Crippen LogP contribution is -2.18. The van der Waals surface area contributed by atoms with Crippen molar-refractivity contribution in [3.05, 3.63) is 94.4 Å². The molecule has 8 heteroatoms. The zero-order chi connectivity index (χ0) is 20.1. The maximum absolute atomic E-state index is 12.9. The Morgan fingerprint density at radius 3 is 2.21 bits per heavy atom. The first kappa shape index (κ1) is 19.8. The minimum atomic E-state index is -4.69. The number of para-hydroxylation sites is 1. The molecule has 0 saturated heterocycles. The summed E-state index contributed by atoms with van der Waals surface area (Å²) in [4.78, 5) is 11.3. The Bertz CT molecular complexity index is 1110. The third-order valence-electron chi connectivity index (χ3n) is 4.19. The molecule has 0 fully saturated rings. The Labute approximate surface area is 161 Å². The van der Waals surface area contributed by atoms with Gasteiger partial charge in [0, 0.05) is 18.8 Å². The van der Waals surface area contributed by atoms with Crippen LogP contribution in [0.25, 0.3) is 0 Å². The van der Waals surface area contributed by atoms with Crippen LogP contribution in [0, 0.1) is 0 Å². The summed E-state index contributed by atoms with van der Waals surface area (Å²) in [5.41, 5.74) is 1.80. The third kappa shape index (κ3) is 4.45. The number of hydrogen-bond acceptors (Lipinski definition) is 4. The van der Waals surface area contributed by atoms with Crippen molar-refractivity contribution in [1.29, 1.82) is 0 Å². The maximum atomic E-state index is 12.9. The number of aromatic nitrogens is 1. The van der Waals surface area contributed by atoms with Crippen LogP contribution in [-0.4, -0.2) is 18.7 Å². The molecule has 0 unspecified atom stereocenters. The predicted octanol–water partition coefficient (Wildman–Crippen LogP) is 3.51. The molecule has 2 aromatic carbocycles. The lowest BCUT2D eigenvalue weighted by molar-refractivity contribution is 0.235. The Balaban J connectivity index is 1.71. The van der Waals surface area contributed by atoms with E-state index in [0.29, 0.717) is 6.54 Å². The van der Waals surface area contributed by atoms with Crippen LogP contribution in [0.1, 0.15) is 11.1 Å². The van der Waals surface area contributed by atoms with Gasteiger partial charge in [0.05, 0.1) is 17.1 Å². The topological polar surface area (TPSA) is 68.2 Å². The lowest BCUT2D eigenvalue weighted by atomic mass is 10.1. The van der Waals surface area contributed by atoms with E-state index in [1.165, 1.54) is 18.2 Å². The summed E-state index contributed by atoms with van der Waals surface area (Å²) in [6.07, 6.45) is 1.71. The first-order valence-corrected chi connectivity index (χ1v) is 10.0. The van der Waals surface area contributed by atoms with E-state index in [2.05, 4.69) is 5.32 Å². The maximum Gasteiger partial charge on any atom is 0.341 e. The van der Waals surface area contributed by atoms with E-state index in [4.69, 9.17) is 0 Å². The van der Waals surface area contributed by atoms with Crippen LogP contribution in [0.15, 0.2) is 82.6 Å². The number of halogens is 2. The van der Waals surface area contributed by atoms with Crippen molar-refractivity contribution >= 4 is 15.5 Å². The van der Waals surface area contributed by atoms with Crippen LogP contribution in [0.3, 0.4) is 0 Å². The van der Waals surface area contributed by atoms with Gasteiger partial charge in [0.2, 0.25) is 9.84 Å². The van der Waals surface area contributed by atoms with Gasteiger partial charge < -0.3 is 9.88 Å². The highest BCUT2D eigenvalue weighted by Crippen LogP contribution is 2.26. The van der Waals surface area contributed by atoms with Gasteiger partial charge in [-0.15, -0.1) is 0 Å². The molecule has 0 amide bonds. The van der Waals surface area contributed by atoms with Crippen LogP contribution < -0.4 is 10.9 Å².